The number of carbonyl (C=O) groups is 2. The average molecular weight is 423 g/mol. The fraction of sp³-hybridized carbons (Fsp3) is 0.333. The molecule has 1 aromatic carbocycles. The third-order valence-electron chi connectivity index (χ3n) is 4.12. The average Bonchev–Trinajstić information content (AvgIpc) is 3.12. The molecule has 1 fully saturated rings. The molecule has 0 N–H and O–H groups in total. The summed E-state index contributed by atoms with van der Waals surface area (Å²) >= 11 is 3.19. The summed E-state index contributed by atoms with van der Waals surface area (Å²) in [4.78, 5) is 28.1. The molecule has 138 valence electrons. The quantitative estimate of drug-likeness (QED) is 0.739. The van der Waals surface area contributed by atoms with E-state index in [1.807, 2.05) is 12.1 Å². The van der Waals surface area contributed by atoms with Crippen molar-refractivity contribution in [3.63, 3.8) is 0 Å². The van der Waals surface area contributed by atoms with Crippen LogP contribution < -0.4 is 9.47 Å². The summed E-state index contributed by atoms with van der Waals surface area (Å²) in [6.45, 7) is 1.76. The fourth-order valence-electron chi connectivity index (χ4n) is 2.71. The van der Waals surface area contributed by atoms with Gasteiger partial charge in [-0.1, -0.05) is 12.1 Å². The highest BCUT2D eigenvalue weighted by atomic mass is 79.9. The van der Waals surface area contributed by atoms with Crippen LogP contribution in [0.4, 0.5) is 0 Å². The molecule has 0 unspecified atom stereocenters. The first kappa shape index (κ1) is 18.3. The summed E-state index contributed by atoms with van der Waals surface area (Å²) in [7, 11) is 1.55. The smallest absolute Gasteiger partial charge is 0.289 e. The van der Waals surface area contributed by atoms with Crippen LogP contribution in [0.3, 0.4) is 0 Å². The van der Waals surface area contributed by atoms with Gasteiger partial charge in [-0.25, -0.2) is 0 Å². The van der Waals surface area contributed by atoms with Crippen LogP contribution in [0.1, 0.15) is 10.6 Å². The summed E-state index contributed by atoms with van der Waals surface area (Å²) in [5, 5.41) is 0. The van der Waals surface area contributed by atoms with Crippen molar-refractivity contribution in [2.75, 3.05) is 39.9 Å². The maximum atomic E-state index is 12.4. The number of furan rings is 1. The lowest BCUT2D eigenvalue weighted by Gasteiger charge is -2.34. The normalized spacial score (nSPS) is 14.2. The number of nitrogens with zero attached hydrogens (tertiary/aromatic N) is 2. The number of methoxy groups -OCH3 is 1. The molecular formula is C18H19BrN2O5. The van der Waals surface area contributed by atoms with E-state index in [0.717, 1.165) is 0 Å². The molecule has 1 aliphatic heterocycles. The third kappa shape index (κ3) is 4.19. The standard InChI is InChI=1S/C18H19BrN2O5/c1-24-13-4-2-3-5-14(13)25-12-17(22)20-8-10-21(11-9-20)18(23)15-6-7-16(19)26-15/h2-7H,8-12H2,1H3. The van der Waals surface area contributed by atoms with E-state index in [9.17, 15) is 9.59 Å². The van der Waals surface area contributed by atoms with Gasteiger partial charge in [0.1, 0.15) is 0 Å². The van der Waals surface area contributed by atoms with E-state index < -0.39 is 0 Å². The molecule has 8 heteroatoms. The van der Waals surface area contributed by atoms with Crippen molar-refractivity contribution < 1.29 is 23.5 Å². The summed E-state index contributed by atoms with van der Waals surface area (Å²) in [6.07, 6.45) is 0. The first-order valence-electron chi connectivity index (χ1n) is 8.16. The topological polar surface area (TPSA) is 72.2 Å². The molecule has 1 aromatic heterocycles. The second-order valence-corrected chi connectivity index (χ2v) is 6.50. The maximum Gasteiger partial charge on any atom is 0.289 e. The van der Waals surface area contributed by atoms with E-state index in [1.165, 1.54) is 0 Å². The molecule has 0 saturated carbocycles. The molecule has 0 aliphatic carbocycles. The molecule has 1 aliphatic rings. The van der Waals surface area contributed by atoms with Crippen LogP contribution in [0.5, 0.6) is 11.5 Å². The molecule has 0 radical (unpaired) electrons. The number of para-hydroxylation sites is 2. The zero-order chi connectivity index (χ0) is 18.5. The Balaban J connectivity index is 1.50. The van der Waals surface area contributed by atoms with E-state index in [4.69, 9.17) is 13.9 Å². The largest absolute Gasteiger partial charge is 0.493 e. The second-order valence-electron chi connectivity index (χ2n) is 5.72. The van der Waals surface area contributed by atoms with Gasteiger partial charge in [0, 0.05) is 26.2 Å². The number of rotatable bonds is 5. The van der Waals surface area contributed by atoms with Crippen LogP contribution >= 0.6 is 15.9 Å². The number of halogens is 1. The molecule has 7 nitrogen and oxygen atoms in total. The first-order valence-corrected chi connectivity index (χ1v) is 8.96. The number of hydrogen-bond donors (Lipinski definition) is 0. The molecule has 2 amide bonds. The number of hydrogen-bond acceptors (Lipinski definition) is 5. The first-order chi connectivity index (χ1) is 12.6. The van der Waals surface area contributed by atoms with Gasteiger partial charge in [0.2, 0.25) is 0 Å². The number of benzene rings is 1. The fourth-order valence-corrected chi connectivity index (χ4v) is 3.02. The Labute approximate surface area is 159 Å². The van der Waals surface area contributed by atoms with Gasteiger partial charge in [-0.15, -0.1) is 0 Å². The van der Waals surface area contributed by atoms with E-state index >= 15 is 0 Å². The molecule has 0 spiro atoms. The lowest BCUT2D eigenvalue weighted by atomic mass is 10.3. The number of piperazine rings is 1. The van der Waals surface area contributed by atoms with Gasteiger partial charge in [0.25, 0.3) is 11.8 Å². The van der Waals surface area contributed by atoms with Crippen LogP contribution in [0.2, 0.25) is 0 Å². The van der Waals surface area contributed by atoms with E-state index in [0.29, 0.717) is 42.3 Å². The Hall–Kier alpha value is -2.48. The zero-order valence-corrected chi connectivity index (χ0v) is 15.9. The Morgan fingerprint density at radius 2 is 1.69 bits per heavy atom. The van der Waals surface area contributed by atoms with Crippen molar-refractivity contribution in [3.8, 4) is 11.5 Å². The summed E-state index contributed by atoms with van der Waals surface area (Å²) < 4.78 is 16.6. The van der Waals surface area contributed by atoms with Gasteiger partial charge in [-0.05, 0) is 40.2 Å². The van der Waals surface area contributed by atoms with E-state index in [1.54, 1.807) is 41.2 Å². The predicted molar refractivity (Wildman–Crippen MR) is 97.4 cm³/mol. The molecule has 26 heavy (non-hydrogen) atoms. The molecule has 3 rings (SSSR count). The number of amides is 2. The van der Waals surface area contributed by atoms with Gasteiger partial charge >= 0.3 is 0 Å². The molecule has 2 heterocycles. The van der Waals surface area contributed by atoms with Gasteiger partial charge in [0.05, 0.1) is 7.11 Å². The Kier molecular flexibility index (Phi) is 5.82. The minimum atomic E-state index is -0.173. The lowest BCUT2D eigenvalue weighted by molar-refractivity contribution is -0.134. The predicted octanol–water partition coefficient (Wildman–Crippen LogP) is 2.41. The van der Waals surface area contributed by atoms with Crippen LogP contribution in [0.15, 0.2) is 45.5 Å². The minimum Gasteiger partial charge on any atom is -0.493 e. The van der Waals surface area contributed by atoms with Gasteiger partial charge < -0.3 is 23.7 Å². The minimum absolute atomic E-state index is 0.0700. The summed E-state index contributed by atoms with van der Waals surface area (Å²) in [5.74, 6) is 1.11. The van der Waals surface area contributed by atoms with E-state index in [-0.39, 0.29) is 24.2 Å². The second kappa shape index (κ2) is 8.27. The Morgan fingerprint density at radius 3 is 2.31 bits per heavy atom. The van der Waals surface area contributed by atoms with Crippen LogP contribution in [-0.4, -0.2) is 61.5 Å². The molecular weight excluding hydrogens is 404 g/mol. The highest BCUT2D eigenvalue weighted by Gasteiger charge is 2.26. The Morgan fingerprint density at radius 1 is 1.04 bits per heavy atom. The van der Waals surface area contributed by atoms with Crippen molar-refractivity contribution in [1.82, 2.24) is 9.80 Å². The van der Waals surface area contributed by atoms with Gasteiger partial charge in [-0.3, -0.25) is 9.59 Å². The summed E-state index contributed by atoms with van der Waals surface area (Å²) in [5.41, 5.74) is 0. The van der Waals surface area contributed by atoms with Crippen molar-refractivity contribution >= 4 is 27.7 Å². The Bertz CT molecular complexity index is 783. The van der Waals surface area contributed by atoms with Crippen LogP contribution in [0, 0.1) is 0 Å². The molecule has 2 aromatic rings. The SMILES string of the molecule is COc1ccccc1OCC(=O)N1CCN(C(=O)c2ccc(Br)o2)CC1. The third-order valence-corrected chi connectivity index (χ3v) is 4.55. The van der Waals surface area contributed by atoms with Crippen molar-refractivity contribution in [1.29, 1.82) is 0 Å². The zero-order valence-electron chi connectivity index (χ0n) is 14.3. The van der Waals surface area contributed by atoms with Crippen molar-refractivity contribution in [2.24, 2.45) is 0 Å². The van der Waals surface area contributed by atoms with E-state index in [2.05, 4.69) is 15.9 Å². The van der Waals surface area contributed by atoms with Crippen molar-refractivity contribution in [3.05, 3.63) is 46.8 Å². The van der Waals surface area contributed by atoms with Crippen molar-refractivity contribution in [2.45, 2.75) is 0 Å². The van der Waals surface area contributed by atoms with Gasteiger partial charge in [0.15, 0.2) is 28.5 Å². The van der Waals surface area contributed by atoms with Crippen LogP contribution in [-0.2, 0) is 4.79 Å². The lowest BCUT2D eigenvalue weighted by Crippen LogP contribution is -2.51. The monoisotopic (exact) mass is 422 g/mol. The molecule has 0 atom stereocenters. The maximum absolute atomic E-state index is 12.4. The summed E-state index contributed by atoms with van der Waals surface area (Å²) in [6, 6.07) is 10.5. The molecule has 0 bridgehead atoms. The van der Waals surface area contributed by atoms with Gasteiger partial charge in [-0.2, -0.15) is 0 Å². The van der Waals surface area contributed by atoms with Crippen LogP contribution in [0.25, 0.3) is 0 Å². The molecule has 1 saturated heterocycles. The number of ether oxygens (including phenoxy) is 2. The number of carbonyl (C=O) groups excluding carboxylic acids is 2. The highest BCUT2D eigenvalue weighted by molar-refractivity contribution is 9.10. The highest BCUT2D eigenvalue weighted by Crippen LogP contribution is 2.25.